The number of carbonyl (C=O) groups is 2. The van der Waals surface area contributed by atoms with E-state index < -0.39 is 11.9 Å². The molecule has 4 rings (SSSR count). The van der Waals surface area contributed by atoms with Crippen molar-refractivity contribution in [2.75, 3.05) is 20.3 Å². The van der Waals surface area contributed by atoms with Crippen molar-refractivity contribution in [2.45, 2.75) is 31.6 Å². The van der Waals surface area contributed by atoms with Gasteiger partial charge in [0, 0.05) is 47.2 Å². The molecule has 31 heavy (non-hydrogen) atoms. The van der Waals surface area contributed by atoms with Crippen molar-refractivity contribution in [2.24, 2.45) is 0 Å². The number of ether oxygens (including phenoxy) is 2. The van der Waals surface area contributed by atoms with E-state index in [1.54, 1.807) is 29.5 Å². The monoisotopic (exact) mass is 439 g/mol. The van der Waals surface area contributed by atoms with Crippen molar-refractivity contribution in [1.82, 2.24) is 5.32 Å². The van der Waals surface area contributed by atoms with Crippen LogP contribution in [0.1, 0.15) is 42.0 Å². The quantitative estimate of drug-likeness (QED) is 0.523. The Hall–Kier alpha value is -2.90. The summed E-state index contributed by atoms with van der Waals surface area (Å²) in [6.45, 7) is 2.24. The maximum atomic E-state index is 13.4. The zero-order chi connectivity index (χ0) is 22.0. The van der Waals surface area contributed by atoms with Crippen LogP contribution < -0.4 is 5.32 Å². The third-order valence-electron chi connectivity index (χ3n) is 5.72. The summed E-state index contributed by atoms with van der Waals surface area (Å²) in [5, 5.41) is 15.4. The summed E-state index contributed by atoms with van der Waals surface area (Å²) in [6.07, 6.45) is 1.08. The normalized spacial score (nSPS) is 21.0. The summed E-state index contributed by atoms with van der Waals surface area (Å²) < 4.78 is 10.4. The number of carbonyl (C=O) groups excluding carboxylic acids is 2. The summed E-state index contributed by atoms with van der Waals surface area (Å²) in [6, 6.07) is 10.8. The van der Waals surface area contributed by atoms with Gasteiger partial charge in [0.2, 0.25) is 0 Å². The lowest BCUT2D eigenvalue weighted by atomic mass is 9.72. The number of hydrogen-bond acceptors (Lipinski definition) is 7. The molecule has 1 aliphatic carbocycles. The van der Waals surface area contributed by atoms with Crippen molar-refractivity contribution in [1.29, 1.82) is 0 Å². The average molecular weight is 440 g/mol. The van der Waals surface area contributed by atoms with Gasteiger partial charge in [0.15, 0.2) is 5.78 Å². The topological polar surface area (TPSA) is 84.9 Å². The Labute approximate surface area is 185 Å². The summed E-state index contributed by atoms with van der Waals surface area (Å²) in [4.78, 5) is 27.6. The third-order valence-corrected chi connectivity index (χ3v) is 6.75. The summed E-state index contributed by atoms with van der Waals surface area (Å²) >= 11 is 1.65. The van der Waals surface area contributed by atoms with Crippen molar-refractivity contribution in [3.63, 3.8) is 0 Å². The van der Waals surface area contributed by atoms with E-state index in [1.807, 2.05) is 24.4 Å². The van der Waals surface area contributed by atoms with Gasteiger partial charge in [0.25, 0.3) is 0 Å². The van der Waals surface area contributed by atoms with Crippen LogP contribution in [0.15, 0.2) is 64.3 Å². The molecule has 2 heterocycles. The first-order chi connectivity index (χ1) is 15.0. The number of allylic oxidation sites excluding steroid dienone is 3. The molecule has 6 nitrogen and oxygen atoms in total. The number of benzene rings is 1. The number of phenolic OH excluding ortho intramolecular Hbond substituents is 1. The number of hydrogen-bond donors (Lipinski definition) is 2. The van der Waals surface area contributed by atoms with Crippen molar-refractivity contribution in [3.8, 4) is 5.75 Å². The number of rotatable bonds is 6. The first-order valence-electron chi connectivity index (χ1n) is 10.2. The van der Waals surface area contributed by atoms with Crippen LogP contribution in [-0.4, -0.2) is 37.2 Å². The summed E-state index contributed by atoms with van der Waals surface area (Å²) in [5.74, 6) is -0.866. The van der Waals surface area contributed by atoms with Crippen LogP contribution in [0, 0.1) is 0 Å². The lowest BCUT2D eigenvalue weighted by Gasteiger charge is -2.36. The number of ketones is 1. The molecule has 0 saturated carbocycles. The van der Waals surface area contributed by atoms with Crippen LogP contribution in [-0.2, 0) is 19.1 Å². The van der Waals surface area contributed by atoms with Gasteiger partial charge in [0.05, 0.1) is 12.2 Å². The van der Waals surface area contributed by atoms with Gasteiger partial charge in [0.1, 0.15) is 12.4 Å². The zero-order valence-corrected chi connectivity index (χ0v) is 18.3. The largest absolute Gasteiger partial charge is 0.508 e. The molecule has 0 spiro atoms. The van der Waals surface area contributed by atoms with Crippen molar-refractivity contribution < 1.29 is 24.2 Å². The van der Waals surface area contributed by atoms with Gasteiger partial charge in [-0.3, -0.25) is 4.79 Å². The number of nitrogens with one attached hydrogen (secondary N) is 1. The molecule has 0 amide bonds. The lowest BCUT2D eigenvalue weighted by Crippen LogP contribution is -2.36. The highest BCUT2D eigenvalue weighted by atomic mass is 32.1. The molecule has 1 aliphatic heterocycles. The molecule has 7 heteroatoms. The number of aromatic hydroxyl groups is 1. The second-order valence-electron chi connectivity index (χ2n) is 7.76. The van der Waals surface area contributed by atoms with E-state index in [0.717, 1.165) is 5.70 Å². The molecule has 0 saturated heterocycles. The van der Waals surface area contributed by atoms with Crippen molar-refractivity contribution >= 4 is 23.1 Å². The van der Waals surface area contributed by atoms with Crippen LogP contribution in [0.25, 0.3) is 0 Å². The predicted octanol–water partition coefficient (Wildman–Crippen LogP) is 4.00. The van der Waals surface area contributed by atoms with Gasteiger partial charge < -0.3 is 19.9 Å². The second-order valence-corrected chi connectivity index (χ2v) is 8.74. The fourth-order valence-corrected chi connectivity index (χ4v) is 5.20. The van der Waals surface area contributed by atoms with Crippen LogP contribution in [0.4, 0.5) is 0 Å². The van der Waals surface area contributed by atoms with Crippen LogP contribution >= 0.6 is 11.3 Å². The van der Waals surface area contributed by atoms with E-state index in [1.165, 1.54) is 12.0 Å². The highest BCUT2D eigenvalue weighted by Crippen LogP contribution is 2.46. The standard InChI is InChI=1S/C24H25NO5S/c1-14-21(24(28)30-9-8-29-2)22(15-5-3-6-17(26)11-15)23-18(25-14)12-16(13-19(23)27)20-7-4-10-31-20/h3-7,10-11,16,22,25-26H,8-9,12-13H2,1-2H3/t16-,22+/m1/s1. The maximum absolute atomic E-state index is 13.4. The Kier molecular flexibility index (Phi) is 6.25. The third kappa shape index (κ3) is 4.29. The molecule has 0 fully saturated rings. The number of phenols is 1. The second kappa shape index (κ2) is 9.08. The molecule has 2 atom stereocenters. The smallest absolute Gasteiger partial charge is 0.336 e. The Balaban J connectivity index is 1.76. The van der Waals surface area contributed by atoms with Crippen molar-refractivity contribution in [3.05, 3.63) is 74.8 Å². The fraction of sp³-hybridized carbons (Fsp3) is 0.333. The summed E-state index contributed by atoms with van der Waals surface area (Å²) in [7, 11) is 1.54. The predicted molar refractivity (Wildman–Crippen MR) is 118 cm³/mol. The summed E-state index contributed by atoms with van der Waals surface area (Å²) in [5.41, 5.74) is 3.17. The molecular weight excluding hydrogens is 414 g/mol. The fourth-order valence-electron chi connectivity index (χ4n) is 4.37. The SMILES string of the molecule is COCCOC(=O)C1=C(C)NC2=C(C(=O)C[C@H](c3cccs3)C2)[C@H]1c1cccc(O)c1. The molecule has 0 unspecified atom stereocenters. The van der Waals surface area contributed by atoms with Gasteiger partial charge >= 0.3 is 5.97 Å². The Morgan fingerprint density at radius 2 is 2.06 bits per heavy atom. The molecule has 0 radical (unpaired) electrons. The van der Waals surface area contributed by atoms with E-state index in [-0.39, 0.29) is 30.7 Å². The Morgan fingerprint density at radius 3 is 2.77 bits per heavy atom. The number of thiophene rings is 1. The Bertz CT molecular complexity index is 1050. The molecule has 2 aliphatic rings. The molecule has 162 valence electrons. The van der Waals surface area contributed by atoms with Crippen LogP contribution in [0.2, 0.25) is 0 Å². The van der Waals surface area contributed by atoms with E-state index in [0.29, 0.717) is 35.2 Å². The maximum Gasteiger partial charge on any atom is 0.336 e. The molecule has 2 N–H and O–H groups in total. The van der Waals surface area contributed by atoms with Gasteiger partial charge in [-0.2, -0.15) is 0 Å². The first-order valence-corrected chi connectivity index (χ1v) is 11.1. The highest BCUT2D eigenvalue weighted by Gasteiger charge is 2.41. The first kappa shape index (κ1) is 21.3. The molecule has 1 aromatic heterocycles. The molecule has 0 bridgehead atoms. The van der Waals surface area contributed by atoms with E-state index in [9.17, 15) is 14.7 Å². The zero-order valence-electron chi connectivity index (χ0n) is 17.5. The van der Waals surface area contributed by atoms with E-state index in [2.05, 4.69) is 11.4 Å². The highest BCUT2D eigenvalue weighted by molar-refractivity contribution is 7.10. The number of esters is 1. The minimum absolute atomic E-state index is 0.00943. The minimum atomic E-state index is -0.588. The van der Waals surface area contributed by atoms with Crippen LogP contribution in [0.5, 0.6) is 5.75 Å². The average Bonchev–Trinajstić information content (AvgIpc) is 3.27. The lowest BCUT2D eigenvalue weighted by molar-refractivity contribution is -0.140. The van der Waals surface area contributed by atoms with Crippen LogP contribution in [0.3, 0.4) is 0 Å². The number of methoxy groups -OCH3 is 1. The van der Waals surface area contributed by atoms with Gasteiger partial charge in [-0.25, -0.2) is 4.79 Å². The molecule has 2 aromatic rings. The minimum Gasteiger partial charge on any atom is -0.508 e. The van der Waals surface area contributed by atoms with E-state index >= 15 is 0 Å². The van der Waals surface area contributed by atoms with Gasteiger partial charge in [-0.1, -0.05) is 18.2 Å². The van der Waals surface area contributed by atoms with E-state index in [4.69, 9.17) is 9.47 Å². The molecular formula is C24H25NO5S. The Morgan fingerprint density at radius 1 is 1.23 bits per heavy atom. The number of Topliss-reactive ketones (excluding diaryl/α,β-unsaturated/α-hetero) is 1. The number of dihydropyridines is 1. The molecule has 1 aromatic carbocycles. The van der Waals surface area contributed by atoms with Gasteiger partial charge in [-0.15, -0.1) is 11.3 Å². The van der Waals surface area contributed by atoms with Gasteiger partial charge in [-0.05, 0) is 42.5 Å².